The van der Waals surface area contributed by atoms with Gasteiger partial charge in [0.2, 0.25) is 0 Å². The molecule has 0 radical (unpaired) electrons. The van der Waals surface area contributed by atoms with Crippen LogP contribution in [0.2, 0.25) is 0 Å². The van der Waals surface area contributed by atoms with E-state index in [4.69, 9.17) is 5.11 Å². The highest BCUT2D eigenvalue weighted by atomic mass is 16.4. The van der Waals surface area contributed by atoms with E-state index in [1.165, 1.54) is 25.7 Å². The quantitative estimate of drug-likeness (QED) is 0.732. The third-order valence-electron chi connectivity index (χ3n) is 3.94. The Kier molecular flexibility index (Phi) is 4.40. The minimum atomic E-state index is -0.666. The van der Waals surface area contributed by atoms with Gasteiger partial charge < -0.3 is 10.4 Å². The molecule has 4 heteroatoms. The van der Waals surface area contributed by atoms with Gasteiger partial charge in [-0.05, 0) is 44.7 Å². The summed E-state index contributed by atoms with van der Waals surface area (Å²) in [6.45, 7) is 5.89. The summed E-state index contributed by atoms with van der Waals surface area (Å²) in [6, 6.07) is 0.673. The molecule has 2 fully saturated rings. The van der Waals surface area contributed by atoms with Crippen LogP contribution < -0.4 is 5.32 Å². The number of nitrogens with one attached hydrogen (secondary N) is 1. The highest BCUT2D eigenvalue weighted by molar-refractivity contribution is 5.69. The van der Waals surface area contributed by atoms with Gasteiger partial charge in [-0.3, -0.25) is 9.69 Å². The van der Waals surface area contributed by atoms with E-state index < -0.39 is 5.97 Å². The fourth-order valence-electron chi connectivity index (χ4n) is 2.64. The van der Waals surface area contributed by atoms with E-state index in [-0.39, 0.29) is 5.92 Å². The third kappa shape index (κ3) is 3.96. The summed E-state index contributed by atoms with van der Waals surface area (Å²) in [5.41, 5.74) is 0. The van der Waals surface area contributed by atoms with Crippen molar-refractivity contribution in [3.63, 3.8) is 0 Å². The molecule has 1 aliphatic heterocycles. The van der Waals surface area contributed by atoms with E-state index in [0.29, 0.717) is 6.04 Å². The molecule has 0 bridgehead atoms. The van der Waals surface area contributed by atoms with Crippen molar-refractivity contribution in [3.05, 3.63) is 0 Å². The Morgan fingerprint density at radius 3 is 2.53 bits per heavy atom. The minimum Gasteiger partial charge on any atom is -0.481 e. The monoisotopic (exact) mass is 240 g/mol. The van der Waals surface area contributed by atoms with E-state index in [2.05, 4.69) is 10.2 Å². The first-order valence-electron chi connectivity index (χ1n) is 6.84. The standard InChI is InChI=1S/C13H24N2O2/c1-10(13(16)17)8-15(12-2-3-12)9-11-4-6-14-7-5-11/h10-12,14H,2-9H2,1H3,(H,16,17). The molecule has 2 N–H and O–H groups in total. The first-order valence-corrected chi connectivity index (χ1v) is 6.84. The Morgan fingerprint density at radius 2 is 2.00 bits per heavy atom. The summed E-state index contributed by atoms with van der Waals surface area (Å²) in [6.07, 6.45) is 5.00. The van der Waals surface area contributed by atoms with Crippen molar-refractivity contribution in [2.24, 2.45) is 11.8 Å². The first kappa shape index (κ1) is 12.8. The van der Waals surface area contributed by atoms with Gasteiger partial charge in [0.1, 0.15) is 0 Å². The molecule has 17 heavy (non-hydrogen) atoms. The van der Waals surface area contributed by atoms with Crippen molar-refractivity contribution in [2.45, 2.75) is 38.6 Å². The molecule has 1 heterocycles. The summed E-state index contributed by atoms with van der Waals surface area (Å²) < 4.78 is 0. The van der Waals surface area contributed by atoms with Crippen molar-refractivity contribution in [1.29, 1.82) is 0 Å². The summed E-state index contributed by atoms with van der Waals surface area (Å²) >= 11 is 0. The zero-order valence-electron chi connectivity index (χ0n) is 10.7. The van der Waals surface area contributed by atoms with Crippen molar-refractivity contribution in [3.8, 4) is 0 Å². The highest BCUT2D eigenvalue weighted by Crippen LogP contribution is 2.29. The van der Waals surface area contributed by atoms with Crippen molar-refractivity contribution < 1.29 is 9.90 Å². The lowest BCUT2D eigenvalue weighted by atomic mass is 9.97. The molecular formula is C13H24N2O2. The molecule has 0 aromatic heterocycles. The lowest BCUT2D eigenvalue weighted by Gasteiger charge is -2.31. The number of hydrogen-bond acceptors (Lipinski definition) is 3. The number of nitrogens with zero attached hydrogens (tertiary/aromatic N) is 1. The van der Waals surface area contributed by atoms with Crippen molar-refractivity contribution in [2.75, 3.05) is 26.2 Å². The predicted octanol–water partition coefficient (Wildman–Crippen LogP) is 1.17. The zero-order valence-corrected chi connectivity index (χ0v) is 10.7. The van der Waals surface area contributed by atoms with Gasteiger partial charge in [0.25, 0.3) is 0 Å². The Balaban J connectivity index is 1.81. The Hall–Kier alpha value is -0.610. The van der Waals surface area contributed by atoms with Gasteiger partial charge in [-0.15, -0.1) is 0 Å². The minimum absolute atomic E-state index is 0.239. The van der Waals surface area contributed by atoms with Crippen LogP contribution >= 0.6 is 0 Å². The average Bonchev–Trinajstić information content (AvgIpc) is 3.13. The molecule has 0 aromatic rings. The van der Waals surface area contributed by atoms with Crippen LogP contribution in [0.15, 0.2) is 0 Å². The van der Waals surface area contributed by atoms with Crippen LogP contribution in [0.3, 0.4) is 0 Å². The van der Waals surface area contributed by atoms with Gasteiger partial charge in [-0.1, -0.05) is 6.92 Å². The molecule has 1 saturated carbocycles. The molecule has 2 rings (SSSR count). The van der Waals surface area contributed by atoms with Gasteiger partial charge in [0.15, 0.2) is 0 Å². The van der Waals surface area contributed by atoms with Gasteiger partial charge in [-0.25, -0.2) is 0 Å². The number of rotatable bonds is 6. The van der Waals surface area contributed by atoms with Crippen LogP contribution in [0.25, 0.3) is 0 Å². The molecule has 0 amide bonds. The Labute approximate surface area is 103 Å². The number of hydrogen-bond donors (Lipinski definition) is 2. The average molecular weight is 240 g/mol. The van der Waals surface area contributed by atoms with Crippen LogP contribution in [-0.4, -0.2) is 48.2 Å². The van der Waals surface area contributed by atoms with E-state index in [9.17, 15) is 4.79 Å². The summed E-state index contributed by atoms with van der Waals surface area (Å²) in [7, 11) is 0. The summed E-state index contributed by atoms with van der Waals surface area (Å²) in [5, 5.41) is 12.4. The van der Waals surface area contributed by atoms with E-state index in [1.54, 1.807) is 0 Å². The first-order chi connectivity index (χ1) is 8.16. The Bertz CT molecular complexity index is 260. The molecule has 4 nitrogen and oxygen atoms in total. The molecule has 0 spiro atoms. The summed E-state index contributed by atoms with van der Waals surface area (Å²) in [5.74, 6) is -0.142. The molecule has 1 saturated heterocycles. The van der Waals surface area contributed by atoms with Gasteiger partial charge >= 0.3 is 5.97 Å². The molecule has 98 valence electrons. The number of carboxylic acid groups (broad SMARTS) is 1. The maximum atomic E-state index is 10.9. The fraction of sp³-hybridized carbons (Fsp3) is 0.923. The van der Waals surface area contributed by atoms with E-state index in [1.807, 2.05) is 6.92 Å². The molecule has 2 aliphatic rings. The van der Waals surface area contributed by atoms with Crippen LogP contribution in [0.4, 0.5) is 0 Å². The van der Waals surface area contributed by atoms with Crippen LogP contribution in [0, 0.1) is 11.8 Å². The van der Waals surface area contributed by atoms with E-state index in [0.717, 1.165) is 32.1 Å². The lowest BCUT2D eigenvalue weighted by Crippen LogP contribution is -2.40. The smallest absolute Gasteiger partial charge is 0.307 e. The predicted molar refractivity (Wildman–Crippen MR) is 67.0 cm³/mol. The maximum absolute atomic E-state index is 10.9. The Morgan fingerprint density at radius 1 is 1.35 bits per heavy atom. The second-order valence-electron chi connectivity index (χ2n) is 5.62. The van der Waals surface area contributed by atoms with Crippen LogP contribution in [-0.2, 0) is 4.79 Å². The fourth-order valence-corrected chi connectivity index (χ4v) is 2.64. The number of piperidine rings is 1. The third-order valence-corrected chi connectivity index (χ3v) is 3.94. The van der Waals surface area contributed by atoms with Crippen LogP contribution in [0.1, 0.15) is 32.6 Å². The topological polar surface area (TPSA) is 52.6 Å². The van der Waals surface area contributed by atoms with Gasteiger partial charge in [0, 0.05) is 19.1 Å². The molecule has 1 aliphatic carbocycles. The highest BCUT2D eigenvalue weighted by Gasteiger charge is 2.32. The van der Waals surface area contributed by atoms with Crippen molar-refractivity contribution in [1.82, 2.24) is 10.2 Å². The van der Waals surface area contributed by atoms with Gasteiger partial charge in [-0.2, -0.15) is 0 Å². The number of aliphatic carboxylic acids is 1. The number of carboxylic acids is 1. The zero-order chi connectivity index (χ0) is 12.3. The SMILES string of the molecule is CC(CN(CC1CCNCC1)C1CC1)C(=O)O. The van der Waals surface area contributed by atoms with Crippen LogP contribution in [0.5, 0.6) is 0 Å². The second-order valence-corrected chi connectivity index (χ2v) is 5.62. The molecular weight excluding hydrogens is 216 g/mol. The number of carbonyl (C=O) groups is 1. The normalized spacial score (nSPS) is 23.9. The summed E-state index contributed by atoms with van der Waals surface area (Å²) in [4.78, 5) is 13.4. The van der Waals surface area contributed by atoms with Gasteiger partial charge in [0.05, 0.1) is 5.92 Å². The second kappa shape index (κ2) is 5.83. The molecule has 0 aromatic carbocycles. The van der Waals surface area contributed by atoms with E-state index >= 15 is 0 Å². The lowest BCUT2D eigenvalue weighted by molar-refractivity contribution is -0.141. The molecule has 1 atom stereocenters. The molecule has 1 unspecified atom stereocenters. The maximum Gasteiger partial charge on any atom is 0.307 e. The van der Waals surface area contributed by atoms with Crippen molar-refractivity contribution >= 4 is 5.97 Å². The largest absolute Gasteiger partial charge is 0.481 e.